The smallest absolute Gasteiger partial charge is 0.192 e. The molecule has 0 amide bonds. The molecule has 1 spiro atoms. The third-order valence-corrected chi connectivity index (χ3v) is 21.6. The summed E-state index contributed by atoms with van der Waals surface area (Å²) < 4.78 is 68.5. The van der Waals surface area contributed by atoms with Gasteiger partial charge in [-0.2, -0.15) is 0 Å². The highest BCUT2D eigenvalue weighted by molar-refractivity contribution is 6.74. The topological polar surface area (TPSA) is 135 Å². The zero-order chi connectivity index (χ0) is 43.9. The highest BCUT2D eigenvalue weighted by Crippen LogP contribution is 2.58. The summed E-state index contributed by atoms with van der Waals surface area (Å²) in [5.74, 6) is -0.507. The minimum absolute atomic E-state index is 0.0316. The molecular weight excluding hydrogens is 807 g/mol. The molecule has 10 heterocycles. The first-order valence-corrected chi connectivity index (χ1v) is 27.4. The fourth-order valence-electron chi connectivity index (χ4n) is 12.8. The number of fused-ring (bicyclic) bond motifs is 6. The van der Waals surface area contributed by atoms with Crippen molar-refractivity contribution in [2.45, 2.75) is 252 Å². The molecule has 10 aliphatic heterocycles. The maximum absolute atomic E-state index is 14.5. The van der Waals surface area contributed by atoms with Crippen LogP contribution < -0.4 is 5.73 Å². The number of ketones is 1. The van der Waals surface area contributed by atoms with Crippen LogP contribution in [-0.2, 0) is 51.9 Å². The first-order valence-electron chi connectivity index (χ1n) is 24.5. The van der Waals surface area contributed by atoms with Gasteiger partial charge in [-0.3, -0.25) is 4.79 Å². The molecule has 350 valence electrons. The average Bonchev–Trinajstić information content (AvgIpc) is 3.84. The van der Waals surface area contributed by atoms with E-state index in [0.29, 0.717) is 44.6 Å². The lowest BCUT2D eigenvalue weighted by Gasteiger charge is -2.47. The molecule has 62 heavy (non-hydrogen) atoms. The van der Waals surface area contributed by atoms with Crippen molar-refractivity contribution in [2.24, 2.45) is 17.6 Å². The molecule has 0 aliphatic carbocycles. The maximum atomic E-state index is 14.5. The number of carbonyl (C=O) groups excluding carboxylic acids is 1. The number of carbonyl (C=O) groups is 1. The van der Waals surface area contributed by atoms with Crippen LogP contribution in [-0.4, -0.2) is 131 Å². The summed E-state index contributed by atoms with van der Waals surface area (Å²) >= 11 is 0. The third-order valence-electron chi connectivity index (χ3n) is 17.1. The number of nitrogens with two attached hydrogens (primary N) is 1. The van der Waals surface area contributed by atoms with E-state index in [1.807, 2.05) is 0 Å². The van der Waals surface area contributed by atoms with Crippen LogP contribution in [0, 0.1) is 11.8 Å². The minimum Gasteiger partial charge on any atom is -0.413 e. The monoisotopic (exact) mass is 886 g/mol. The molecule has 6 unspecified atom stereocenters. The molecule has 2 N–H and O–H groups in total. The van der Waals surface area contributed by atoms with Gasteiger partial charge in [0.25, 0.3) is 0 Å². The van der Waals surface area contributed by atoms with Gasteiger partial charge in [0.2, 0.25) is 0 Å². The van der Waals surface area contributed by atoms with Gasteiger partial charge < -0.3 is 52.8 Å². The second-order valence-electron chi connectivity index (χ2n) is 22.7. The Labute approximate surface area is 372 Å². The van der Waals surface area contributed by atoms with E-state index in [-0.39, 0.29) is 108 Å². The quantitative estimate of drug-likeness (QED) is 0.208. The molecule has 0 aromatic rings. The number of hydrogen-bond acceptors (Lipinski definition) is 12. The molecule has 19 atom stereocenters. The van der Waals surface area contributed by atoms with Crippen molar-refractivity contribution >= 4 is 14.1 Å². The van der Waals surface area contributed by atoms with Crippen LogP contribution in [0.2, 0.25) is 18.1 Å². The number of ether oxygens (including phenoxy) is 9. The zero-order valence-corrected chi connectivity index (χ0v) is 40.1. The Balaban J connectivity index is 0.976. The number of Topliss-reactive ketones (excluding diaryl/α,β-unsaturated/α-hetero) is 1. The Bertz CT molecular complexity index is 1670. The Hall–Kier alpha value is -1.07. The minimum atomic E-state index is -2.13. The summed E-state index contributed by atoms with van der Waals surface area (Å²) in [5.41, 5.74) is 8.24. The third kappa shape index (κ3) is 8.80. The molecule has 10 aliphatic rings. The van der Waals surface area contributed by atoms with E-state index in [2.05, 4.69) is 60.9 Å². The molecule has 10 saturated heterocycles. The molecule has 10 fully saturated rings. The summed E-state index contributed by atoms with van der Waals surface area (Å²) in [5, 5.41) is 0.0316. The lowest BCUT2D eigenvalue weighted by Crippen LogP contribution is -2.61. The molecule has 0 aromatic carbocycles. The predicted octanol–water partition coefficient (Wildman–Crippen LogP) is 7.64. The summed E-state index contributed by atoms with van der Waals surface area (Å²) in [4.78, 5) is 14.5. The first-order chi connectivity index (χ1) is 29.4. The summed E-state index contributed by atoms with van der Waals surface area (Å²) in [7, 11) is -0.382. The van der Waals surface area contributed by atoms with Gasteiger partial charge in [0.1, 0.15) is 41.9 Å². The highest BCUT2D eigenvalue weighted by atomic mass is 28.4. The number of rotatable bonds is 6. The van der Waals surface area contributed by atoms with Crippen molar-refractivity contribution < 1.29 is 51.9 Å². The first kappa shape index (κ1) is 46.1. The van der Waals surface area contributed by atoms with Crippen LogP contribution >= 0.6 is 0 Å². The Morgan fingerprint density at radius 2 is 1.56 bits per heavy atom. The van der Waals surface area contributed by atoms with Gasteiger partial charge in [-0.25, -0.2) is 0 Å². The molecule has 0 aromatic heterocycles. The van der Waals surface area contributed by atoms with E-state index in [4.69, 9.17) is 52.8 Å². The highest BCUT2D eigenvalue weighted by Gasteiger charge is 2.73. The van der Waals surface area contributed by atoms with E-state index in [0.717, 1.165) is 69.8 Å². The van der Waals surface area contributed by atoms with E-state index in [9.17, 15) is 4.79 Å². The van der Waals surface area contributed by atoms with Crippen molar-refractivity contribution in [2.75, 3.05) is 13.7 Å². The molecule has 12 nitrogen and oxygen atoms in total. The SMILES string of the molecule is C=C1C[C@@H]2CCCC[C@@]34CC5(C)O[C@H]6C(O3)[C@H]3OC(CC[C@@H]3O[C@H]6C5O4)CC(=O)C[C@H]3[C@H](C[C@H]4O[C@@H](CCC1O2)C[C@@H](C)C4=C)OC(C[C@@H](CN)O[Si](C)(C)C(C)(C)C)[C@@H]3OC. The van der Waals surface area contributed by atoms with Crippen LogP contribution in [0.5, 0.6) is 0 Å². The van der Waals surface area contributed by atoms with Gasteiger partial charge in [0.15, 0.2) is 14.1 Å². The van der Waals surface area contributed by atoms with Crippen molar-refractivity contribution in [1.82, 2.24) is 0 Å². The number of methoxy groups -OCH3 is 1. The van der Waals surface area contributed by atoms with Gasteiger partial charge in [-0.15, -0.1) is 0 Å². The lowest BCUT2D eigenvalue weighted by molar-refractivity contribution is -0.293. The van der Waals surface area contributed by atoms with E-state index in [1.165, 1.54) is 5.57 Å². The molecule has 12 bridgehead atoms. The maximum Gasteiger partial charge on any atom is 0.192 e. The molecule has 0 saturated carbocycles. The van der Waals surface area contributed by atoms with Gasteiger partial charge in [-0.05, 0) is 93.5 Å². The molecular formula is C49H79NO11Si. The molecule has 10 rings (SSSR count). The molecule has 13 heteroatoms. The predicted molar refractivity (Wildman–Crippen MR) is 236 cm³/mol. The van der Waals surface area contributed by atoms with Crippen molar-refractivity contribution in [3.05, 3.63) is 24.3 Å². The van der Waals surface area contributed by atoms with Gasteiger partial charge in [-0.1, -0.05) is 47.3 Å². The van der Waals surface area contributed by atoms with Crippen LogP contribution in [0.1, 0.15) is 131 Å². The lowest BCUT2D eigenvalue weighted by atomic mass is 9.81. The Morgan fingerprint density at radius 3 is 2.32 bits per heavy atom. The van der Waals surface area contributed by atoms with Crippen LogP contribution in [0.25, 0.3) is 0 Å². The normalized spacial score (nSPS) is 48.0. The fraction of sp³-hybridized carbons (Fsp3) is 0.898. The van der Waals surface area contributed by atoms with Gasteiger partial charge >= 0.3 is 0 Å². The van der Waals surface area contributed by atoms with Crippen molar-refractivity contribution in [3.8, 4) is 0 Å². The second kappa shape index (κ2) is 17.5. The van der Waals surface area contributed by atoms with Crippen LogP contribution in [0.4, 0.5) is 0 Å². The standard InChI is InChI=1S/C49H79NO11Si/c1-27-19-32-14-16-36-28(2)20-31(53-36)13-11-12-18-49-26-48(7)46(60-49)45-44(58-48)43(59-49)42-37(57-45)17-15-33(55-42)21-30(51)22-35-39(24-38(54-32)29(27)3)56-40(41(35)52-8)23-34(25-50)61-62(9,10)47(4,5)6/h27,31-46H,2-3,11-26,50H2,1,4-10H3/t27-,31+,32+,33?,34+,35+,36?,37+,38-,39+,40?,41-,42+,43?,44+,45-,46?,48?,49-/m1/s1. The zero-order valence-electron chi connectivity index (χ0n) is 39.1. The summed E-state index contributed by atoms with van der Waals surface area (Å²) in [6, 6.07) is 0. The largest absolute Gasteiger partial charge is 0.413 e. The van der Waals surface area contributed by atoms with Gasteiger partial charge in [0.05, 0.1) is 61.0 Å². The van der Waals surface area contributed by atoms with E-state index in [1.54, 1.807) is 7.11 Å². The Kier molecular flexibility index (Phi) is 13.0. The van der Waals surface area contributed by atoms with E-state index >= 15 is 0 Å². The van der Waals surface area contributed by atoms with Crippen LogP contribution in [0.3, 0.4) is 0 Å². The summed E-state index contributed by atoms with van der Waals surface area (Å²) in [6.07, 6.45) is 8.60. The molecule has 0 radical (unpaired) electrons. The van der Waals surface area contributed by atoms with Crippen molar-refractivity contribution in [1.29, 1.82) is 0 Å². The summed E-state index contributed by atoms with van der Waals surface area (Å²) in [6.45, 7) is 25.1. The Morgan fingerprint density at radius 1 is 0.823 bits per heavy atom. The fourth-order valence-corrected chi connectivity index (χ4v) is 14.1. The van der Waals surface area contributed by atoms with Crippen molar-refractivity contribution in [3.63, 3.8) is 0 Å². The second-order valence-corrected chi connectivity index (χ2v) is 27.4. The van der Waals surface area contributed by atoms with Gasteiger partial charge in [0, 0.05) is 58.1 Å². The number of hydrogen-bond donors (Lipinski definition) is 1. The van der Waals surface area contributed by atoms with E-state index < -0.39 is 19.7 Å². The average molecular weight is 886 g/mol. The van der Waals surface area contributed by atoms with Crippen LogP contribution in [0.15, 0.2) is 24.3 Å².